The molecule has 0 bridgehead atoms. The molecule has 59 heavy (non-hydrogen) atoms. The predicted octanol–water partition coefficient (Wildman–Crippen LogP) is 14.9. The number of carbonyl (C=O) groups is 2. The lowest BCUT2D eigenvalue weighted by atomic mass is 10.0. The van der Waals surface area contributed by atoms with Crippen LogP contribution < -0.4 is 4.72 Å². The van der Waals surface area contributed by atoms with Crippen molar-refractivity contribution in [2.24, 2.45) is 0 Å². The number of nitrogens with zero attached hydrogens (tertiary/aromatic N) is 1. The molecule has 1 aliphatic heterocycles. The van der Waals surface area contributed by atoms with E-state index in [1.165, 1.54) is 161 Å². The first-order chi connectivity index (χ1) is 29.0. The summed E-state index contributed by atoms with van der Waals surface area (Å²) in [6, 6.07) is 0. The van der Waals surface area contributed by atoms with E-state index in [1.54, 1.807) is 0 Å². The summed E-state index contributed by atoms with van der Waals surface area (Å²) in [5.74, 6) is 0.0432. The van der Waals surface area contributed by atoms with Crippen LogP contribution in [0.2, 0.25) is 0 Å². The number of ether oxygens (including phenoxy) is 3. The van der Waals surface area contributed by atoms with Gasteiger partial charge in [0, 0.05) is 31.2 Å². The molecule has 0 aromatic carbocycles. The molecule has 0 aromatic heterocycles. The molecule has 1 fully saturated rings. The number of carbonyl (C=O) groups excluding carboxylic acids is 2. The molecule has 0 spiro atoms. The third kappa shape index (κ3) is 37.4. The molecule has 0 aromatic rings. The summed E-state index contributed by atoms with van der Waals surface area (Å²) in [6.45, 7) is 15.2. The van der Waals surface area contributed by atoms with Gasteiger partial charge in [0.15, 0.2) is 0 Å². The topological polar surface area (TPSA) is 77.1 Å². The van der Waals surface area contributed by atoms with Crippen LogP contribution >= 0.6 is 11.9 Å². The lowest BCUT2D eigenvalue weighted by molar-refractivity contribution is -0.150. The lowest BCUT2D eigenvalue weighted by Crippen LogP contribution is -2.29. The number of unbranched alkanes of at least 4 members (excludes halogenated alkanes) is 23. The lowest BCUT2D eigenvalue weighted by Gasteiger charge is -2.22. The number of hydrogen-bond acceptors (Lipinski definition) is 8. The second kappa shape index (κ2) is 43.8. The Balaban J connectivity index is 2.31. The van der Waals surface area contributed by atoms with E-state index in [2.05, 4.69) is 37.3 Å². The molecular weight excluding hydrogens is 753 g/mol. The maximum absolute atomic E-state index is 12.9. The second-order valence-corrected chi connectivity index (χ2v) is 19.2. The van der Waals surface area contributed by atoms with Crippen molar-refractivity contribution in [2.45, 2.75) is 276 Å². The first kappa shape index (κ1) is 56.2. The van der Waals surface area contributed by atoms with Crippen molar-refractivity contribution in [3.63, 3.8) is 0 Å². The number of hydrogen-bond donors (Lipinski definition) is 1. The van der Waals surface area contributed by atoms with Crippen LogP contribution in [0.4, 0.5) is 0 Å². The standard InChI is InChI=1S/C51H100N2O5S/c1-5-9-12-15-20-27-35-47(8-4)57-50(54)38-30-23-18-25-32-42-53(44-34-41-52-59-49-40-45-56-46-49)43-33-26-19-24-31-39-51(55)58-48(36-28-21-16-13-10-6-2)37-29-22-17-14-11-7-3/h47-49,52H,5-46H2,1-4H3. The zero-order valence-electron chi connectivity index (χ0n) is 39.8. The highest BCUT2D eigenvalue weighted by Gasteiger charge is 2.17. The molecule has 1 rings (SSSR count). The Morgan fingerprint density at radius 1 is 0.542 bits per heavy atom. The van der Waals surface area contributed by atoms with E-state index < -0.39 is 0 Å². The highest BCUT2D eigenvalue weighted by molar-refractivity contribution is 7.98. The van der Waals surface area contributed by atoms with Gasteiger partial charge in [-0.3, -0.25) is 14.3 Å². The van der Waals surface area contributed by atoms with Crippen molar-refractivity contribution >= 4 is 23.9 Å². The molecule has 1 saturated heterocycles. The van der Waals surface area contributed by atoms with E-state index in [-0.39, 0.29) is 24.1 Å². The average molecular weight is 853 g/mol. The summed E-state index contributed by atoms with van der Waals surface area (Å²) >= 11 is 1.86. The summed E-state index contributed by atoms with van der Waals surface area (Å²) in [7, 11) is 0. The van der Waals surface area contributed by atoms with Gasteiger partial charge in [-0.1, -0.05) is 174 Å². The number of rotatable bonds is 46. The van der Waals surface area contributed by atoms with Crippen molar-refractivity contribution in [2.75, 3.05) is 39.4 Å². The van der Waals surface area contributed by atoms with Gasteiger partial charge in [-0.25, -0.2) is 0 Å². The van der Waals surface area contributed by atoms with Gasteiger partial charge < -0.3 is 19.1 Å². The quantitative estimate of drug-likeness (QED) is 0.0369. The Hall–Kier alpha value is -0.830. The van der Waals surface area contributed by atoms with Crippen LogP contribution in [0.3, 0.4) is 0 Å². The highest BCUT2D eigenvalue weighted by Crippen LogP contribution is 2.20. The van der Waals surface area contributed by atoms with Crippen LogP contribution in [0.1, 0.15) is 259 Å². The summed E-state index contributed by atoms with van der Waals surface area (Å²) in [6.07, 6.45) is 42.3. The van der Waals surface area contributed by atoms with Crippen molar-refractivity contribution in [1.82, 2.24) is 9.62 Å². The summed E-state index contributed by atoms with van der Waals surface area (Å²) < 4.78 is 21.1. The molecule has 0 saturated carbocycles. The molecule has 350 valence electrons. The van der Waals surface area contributed by atoms with E-state index in [1.807, 2.05) is 11.9 Å². The Bertz CT molecular complexity index is 887. The first-order valence-corrected chi connectivity index (χ1v) is 27.0. The first-order valence-electron chi connectivity index (χ1n) is 26.1. The normalized spacial score (nSPS) is 14.8. The van der Waals surface area contributed by atoms with Gasteiger partial charge in [0.1, 0.15) is 12.2 Å². The fourth-order valence-corrected chi connectivity index (χ4v) is 9.19. The fourth-order valence-electron chi connectivity index (χ4n) is 8.32. The Labute approximate surface area is 371 Å². The maximum Gasteiger partial charge on any atom is 0.306 e. The average Bonchev–Trinajstić information content (AvgIpc) is 3.76. The monoisotopic (exact) mass is 853 g/mol. The zero-order valence-corrected chi connectivity index (χ0v) is 40.6. The summed E-state index contributed by atoms with van der Waals surface area (Å²) in [5, 5.41) is 0.602. The number of esters is 2. The smallest absolute Gasteiger partial charge is 0.306 e. The van der Waals surface area contributed by atoms with Gasteiger partial charge in [0.05, 0.1) is 6.61 Å². The minimum absolute atomic E-state index is 0.00687. The minimum atomic E-state index is 0.00687. The van der Waals surface area contributed by atoms with E-state index in [0.717, 1.165) is 97.2 Å². The third-order valence-electron chi connectivity index (χ3n) is 12.3. The SMILES string of the molecule is CCCCCCCCC(CC)OC(=O)CCCCCCCN(CCCCCCCC(=O)OC(CCCCCCCC)CCCCCCCC)CCCNSC1CCOC1. The van der Waals surface area contributed by atoms with E-state index in [9.17, 15) is 9.59 Å². The molecule has 1 aliphatic rings. The Kier molecular flexibility index (Phi) is 41.7. The molecule has 2 unspecified atom stereocenters. The molecule has 0 aliphatic carbocycles. The Morgan fingerprint density at radius 2 is 0.949 bits per heavy atom. The molecule has 2 atom stereocenters. The largest absolute Gasteiger partial charge is 0.462 e. The van der Waals surface area contributed by atoms with Gasteiger partial charge in [-0.2, -0.15) is 0 Å². The van der Waals surface area contributed by atoms with Crippen molar-refractivity contribution in [1.29, 1.82) is 0 Å². The second-order valence-electron chi connectivity index (χ2n) is 18.0. The van der Waals surface area contributed by atoms with Crippen LogP contribution in [0.15, 0.2) is 0 Å². The fraction of sp³-hybridized carbons (Fsp3) is 0.961. The van der Waals surface area contributed by atoms with Gasteiger partial charge >= 0.3 is 11.9 Å². The maximum atomic E-state index is 12.9. The van der Waals surface area contributed by atoms with Gasteiger partial charge in [0.2, 0.25) is 0 Å². The zero-order chi connectivity index (χ0) is 42.7. The minimum Gasteiger partial charge on any atom is -0.462 e. The van der Waals surface area contributed by atoms with Crippen LogP contribution in [-0.2, 0) is 23.8 Å². The summed E-state index contributed by atoms with van der Waals surface area (Å²) in [5.41, 5.74) is 0. The van der Waals surface area contributed by atoms with Crippen LogP contribution in [0.25, 0.3) is 0 Å². The van der Waals surface area contributed by atoms with Crippen molar-refractivity contribution < 1.29 is 23.8 Å². The Morgan fingerprint density at radius 3 is 1.41 bits per heavy atom. The van der Waals surface area contributed by atoms with Crippen LogP contribution in [0, 0.1) is 0 Å². The van der Waals surface area contributed by atoms with E-state index >= 15 is 0 Å². The van der Waals surface area contributed by atoms with E-state index in [0.29, 0.717) is 18.1 Å². The predicted molar refractivity (Wildman–Crippen MR) is 255 cm³/mol. The van der Waals surface area contributed by atoms with E-state index in [4.69, 9.17) is 14.2 Å². The molecule has 1 heterocycles. The van der Waals surface area contributed by atoms with Crippen LogP contribution in [-0.4, -0.2) is 73.7 Å². The van der Waals surface area contributed by atoms with Crippen molar-refractivity contribution in [3.8, 4) is 0 Å². The number of nitrogens with one attached hydrogen (secondary N) is 1. The van der Waals surface area contributed by atoms with Gasteiger partial charge in [0.25, 0.3) is 0 Å². The highest BCUT2D eigenvalue weighted by atomic mass is 32.2. The summed E-state index contributed by atoms with van der Waals surface area (Å²) in [4.78, 5) is 28.0. The third-order valence-corrected chi connectivity index (χ3v) is 13.4. The molecular formula is C51H100N2O5S. The van der Waals surface area contributed by atoms with Crippen LogP contribution in [0.5, 0.6) is 0 Å². The van der Waals surface area contributed by atoms with Gasteiger partial charge in [-0.15, -0.1) is 0 Å². The van der Waals surface area contributed by atoms with Crippen molar-refractivity contribution in [3.05, 3.63) is 0 Å². The molecule has 7 nitrogen and oxygen atoms in total. The molecule has 0 radical (unpaired) electrons. The molecule has 0 amide bonds. The van der Waals surface area contributed by atoms with Gasteiger partial charge in [-0.05, 0) is 103 Å². The molecule has 1 N–H and O–H groups in total. The molecule has 8 heteroatoms.